The van der Waals surface area contributed by atoms with Crippen molar-refractivity contribution in [3.05, 3.63) is 59.9 Å². The topological polar surface area (TPSA) is 50.3 Å². The second-order valence-corrected chi connectivity index (χ2v) is 6.24. The molecule has 0 saturated heterocycles. The van der Waals surface area contributed by atoms with Crippen molar-refractivity contribution in [2.45, 2.75) is 11.4 Å². The average Bonchev–Trinajstić information content (AvgIpc) is 2.42. The van der Waals surface area contributed by atoms with Crippen molar-refractivity contribution in [3.8, 4) is 0 Å². The summed E-state index contributed by atoms with van der Waals surface area (Å²) in [5.41, 5.74) is 0.744. The van der Waals surface area contributed by atoms with Gasteiger partial charge in [-0.3, -0.25) is 4.98 Å². The Hall–Kier alpha value is -1.86. The highest BCUT2D eigenvalue weighted by atomic mass is 32.2. The first-order chi connectivity index (χ1) is 9.41. The molecule has 1 aromatic carbocycles. The SMILES string of the molecule is CN(Cc1ccncc1)S(=O)(=O)c1ccc(F)c(F)c1. The molecule has 0 aliphatic rings. The van der Waals surface area contributed by atoms with Crippen LogP contribution in [0.15, 0.2) is 47.6 Å². The van der Waals surface area contributed by atoms with Crippen molar-refractivity contribution in [2.24, 2.45) is 0 Å². The average molecular weight is 298 g/mol. The van der Waals surface area contributed by atoms with Crippen LogP contribution >= 0.6 is 0 Å². The first kappa shape index (κ1) is 14.5. The number of halogens is 2. The molecular weight excluding hydrogens is 286 g/mol. The lowest BCUT2D eigenvalue weighted by Gasteiger charge is -2.17. The molecule has 20 heavy (non-hydrogen) atoms. The quantitative estimate of drug-likeness (QED) is 0.869. The molecule has 0 spiro atoms. The summed E-state index contributed by atoms with van der Waals surface area (Å²) in [6.07, 6.45) is 3.10. The second kappa shape index (κ2) is 5.64. The molecule has 2 aromatic rings. The van der Waals surface area contributed by atoms with Crippen molar-refractivity contribution in [1.82, 2.24) is 9.29 Å². The van der Waals surface area contributed by atoms with Crippen LogP contribution in [0, 0.1) is 11.6 Å². The Labute approximate surface area is 115 Å². The van der Waals surface area contributed by atoms with Gasteiger partial charge in [0.2, 0.25) is 10.0 Å². The molecule has 0 aliphatic heterocycles. The lowest BCUT2D eigenvalue weighted by molar-refractivity contribution is 0.463. The molecule has 0 bridgehead atoms. The van der Waals surface area contributed by atoms with Crippen LogP contribution in [0.4, 0.5) is 8.78 Å². The lowest BCUT2D eigenvalue weighted by atomic mass is 10.3. The molecule has 0 N–H and O–H groups in total. The minimum absolute atomic E-state index is 0.115. The molecule has 0 aliphatic carbocycles. The number of rotatable bonds is 4. The highest BCUT2D eigenvalue weighted by Gasteiger charge is 2.22. The third-order valence-electron chi connectivity index (χ3n) is 2.75. The molecule has 106 valence electrons. The Balaban J connectivity index is 2.27. The fourth-order valence-electron chi connectivity index (χ4n) is 1.65. The number of benzene rings is 1. The van der Waals surface area contributed by atoms with Crippen LogP contribution in [0.25, 0.3) is 0 Å². The van der Waals surface area contributed by atoms with E-state index in [1.165, 1.54) is 7.05 Å². The van der Waals surface area contributed by atoms with Crippen molar-refractivity contribution in [1.29, 1.82) is 0 Å². The van der Waals surface area contributed by atoms with Crippen LogP contribution in [0.2, 0.25) is 0 Å². The van der Waals surface area contributed by atoms with E-state index in [2.05, 4.69) is 4.98 Å². The molecule has 4 nitrogen and oxygen atoms in total. The summed E-state index contributed by atoms with van der Waals surface area (Å²) in [6.45, 7) is 0.115. The monoisotopic (exact) mass is 298 g/mol. The van der Waals surface area contributed by atoms with E-state index >= 15 is 0 Å². The Bertz CT molecular complexity index is 706. The Kier molecular flexibility index (Phi) is 4.10. The Morgan fingerprint density at radius 2 is 1.75 bits per heavy atom. The minimum atomic E-state index is -3.87. The molecule has 2 rings (SSSR count). The first-order valence-electron chi connectivity index (χ1n) is 5.71. The fraction of sp³-hybridized carbons (Fsp3) is 0.154. The summed E-state index contributed by atoms with van der Waals surface area (Å²) < 4.78 is 51.5. The van der Waals surface area contributed by atoms with E-state index in [9.17, 15) is 17.2 Å². The largest absolute Gasteiger partial charge is 0.265 e. The fourth-order valence-corrected chi connectivity index (χ4v) is 2.82. The maximum atomic E-state index is 13.1. The zero-order chi connectivity index (χ0) is 14.8. The van der Waals surface area contributed by atoms with Gasteiger partial charge in [0.15, 0.2) is 11.6 Å². The number of hydrogen-bond acceptors (Lipinski definition) is 3. The van der Waals surface area contributed by atoms with E-state index in [1.807, 2.05) is 0 Å². The molecule has 1 heterocycles. The van der Waals surface area contributed by atoms with Crippen LogP contribution in [0.3, 0.4) is 0 Å². The van der Waals surface area contributed by atoms with Gasteiger partial charge in [-0.15, -0.1) is 0 Å². The van der Waals surface area contributed by atoms with Gasteiger partial charge < -0.3 is 0 Å². The molecule has 7 heteroatoms. The van der Waals surface area contributed by atoms with Crippen LogP contribution < -0.4 is 0 Å². The zero-order valence-electron chi connectivity index (χ0n) is 10.6. The van der Waals surface area contributed by atoms with Gasteiger partial charge in [-0.25, -0.2) is 17.2 Å². The number of aromatic nitrogens is 1. The van der Waals surface area contributed by atoms with Crippen molar-refractivity contribution >= 4 is 10.0 Å². The van der Waals surface area contributed by atoms with E-state index in [0.29, 0.717) is 6.07 Å². The van der Waals surface area contributed by atoms with E-state index < -0.39 is 21.7 Å². The highest BCUT2D eigenvalue weighted by molar-refractivity contribution is 7.89. The highest BCUT2D eigenvalue weighted by Crippen LogP contribution is 2.18. The normalized spacial score (nSPS) is 11.8. The molecular formula is C13H12F2N2O2S. The van der Waals surface area contributed by atoms with Crippen LogP contribution in [0.5, 0.6) is 0 Å². The number of sulfonamides is 1. The molecule has 0 saturated carbocycles. The molecule has 0 radical (unpaired) electrons. The van der Waals surface area contributed by atoms with Gasteiger partial charge in [0.25, 0.3) is 0 Å². The predicted molar refractivity (Wildman–Crippen MR) is 69.2 cm³/mol. The van der Waals surface area contributed by atoms with Gasteiger partial charge >= 0.3 is 0 Å². The third kappa shape index (κ3) is 3.00. The maximum absolute atomic E-state index is 13.1. The molecule has 0 unspecified atom stereocenters. The van der Waals surface area contributed by atoms with Gasteiger partial charge in [0, 0.05) is 26.0 Å². The van der Waals surface area contributed by atoms with E-state index in [0.717, 1.165) is 22.0 Å². The van der Waals surface area contributed by atoms with Gasteiger partial charge in [-0.2, -0.15) is 4.31 Å². The van der Waals surface area contributed by atoms with E-state index in [4.69, 9.17) is 0 Å². The standard InChI is InChI=1S/C13H12F2N2O2S/c1-17(9-10-4-6-16-7-5-10)20(18,19)11-2-3-12(14)13(15)8-11/h2-8H,9H2,1H3. The molecule has 0 fully saturated rings. The van der Waals surface area contributed by atoms with Crippen LogP contribution in [0.1, 0.15) is 5.56 Å². The van der Waals surface area contributed by atoms with Gasteiger partial charge in [-0.05, 0) is 35.9 Å². The maximum Gasteiger partial charge on any atom is 0.243 e. The van der Waals surface area contributed by atoms with Gasteiger partial charge in [-0.1, -0.05) is 0 Å². The van der Waals surface area contributed by atoms with Crippen molar-refractivity contribution < 1.29 is 17.2 Å². The summed E-state index contributed by atoms with van der Waals surface area (Å²) in [7, 11) is -2.50. The number of nitrogens with zero attached hydrogens (tertiary/aromatic N) is 2. The zero-order valence-corrected chi connectivity index (χ0v) is 11.4. The number of pyridine rings is 1. The molecule has 1 aromatic heterocycles. The number of hydrogen-bond donors (Lipinski definition) is 0. The van der Waals surface area contributed by atoms with Crippen LogP contribution in [-0.2, 0) is 16.6 Å². The van der Waals surface area contributed by atoms with Crippen molar-refractivity contribution in [3.63, 3.8) is 0 Å². The lowest BCUT2D eigenvalue weighted by Crippen LogP contribution is -2.26. The minimum Gasteiger partial charge on any atom is -0.265 e. The Morgan fingerprint density at radius 3 is 2.35 bits per heavy atom. The molecule has 0 atom stereocenters. The first-order valence-corrected chi connectivity index (χ1v) is 7.15. The summed E-state index contributed by atoms with van der Waals surface area (Å²) in [6, 6.07) is 5.86. The second-order valence-electron chi connectivity index (χ2n) is 4.19. The van der Waals surface area contributed by atoms with Crippen LogP contribution in [-0.4, -0.2) is 24.8 Å². The molecule has 0 amide bonds. The van der Waals surface area contributed by atoms with Gasteiger partial charge in [0.05, 0.1) is 4.90 Å². The summed E-state index contributed by atoms with van der Waals surface area (Å²) in [4.78, 5) is 3.55. The van der Waals surface area contributed by atoms with E-state index in [1.54, 1.807) is 24.5 Å². The van der Waals surface area contributed by atoms with Crippen molar-refractivity contribution in [2.75, 3.05) is 7.05 Å². The summed E-state index contributed by atoms with van der Waals surface area (Å²) >= 11 is 0. The summed E-state index contributed by atoms with van der Waals surface area (Å²) in [5, 5.41) is 0. The smallest absolute Gasteiger partial charge is 0.243 e. The van der Waals surface area contributed by atoms with E-state index in [-0.39, 0.29) is 11.4 Å². The Morgan fingerprint density at radius 1 is 1.10 bits per heavy atom. The predicted octanol–water partition coefficient (Wildman–Crippen LogP) is 2.18. The van der Waals surface area contributed by atoms with Gasteiger partial charge in [0.1, 0.15) is 0 Å². The summed E-state index contributed by atoms with van der Waals surface area (Å²) in [5.74, 6) is -2.27. The third-order valence-corrected chi connectivity index (χ3v) is 4.55.